The van der Waals surface area contributed by atoms with Gasteiger partial charge in [0.15, 0.2) is 0 Å². The molecule has 3 nitrogen and oxygen atoms in total. The molecule has 1 aliphatic rings. The molecule has 3 rings (SSSR count). The number of esters is 1. The zero-order chi connectivity index (χ0) is 15.9. The van der Waals surface area contributed by atoms with Gasteiger partial charge < -0.3 is 4.74 Å². The van der Waals surface area contributed by atoms with Gasteiger partial charge in [0.25, 0.3) is 0 Å². The summed E-state index contributed by atoms with van der Waals surface area (Å²) >= 11 is 0. The van der Waals surface area contributed by atoms with Crippen LogP contribution >= 0.6 is 0 Å². The molecule has 0 N–H and O–H groups in total. The van der Waals surface area contributed by atoms with Crippen LogP contribution in [0.1, 0.15) is 36.4 Å². The summed E-state index contributed by atoms with van der Waals surface area (Å²) in [5.41, 5.74) is 2.04. The van der Waals surface area contributed by atoms with E-state index < -0.39 is 0 Å². The number of hydrogen-bond donors (Lipinski definition) is 0. The zero-order valence-corrected chi connectivity index (χ0v) is 13.4. The minimum absolute atomic E-state index is 0.151. The SMILES string of the molecule is O=C(OCc1ccccc1)[C@@H](c1ccccc1)N1CCCCC1. The molecule has 0 radical (unpaired) electrons. The van der Waals surface area contributed by atoms with Gasteiger partial charge in [-0.25, -0.2) is 4.79 Å². The van der Waals surface area contributed by atoms with Crippen molar-refractivity contribution in [3.8, 4) is 0 Å². The van der Waals surface area contributed by atoms with Crippen LogP contribution in [0.5, 0.6) is 0 Å². The molecule has 0 spiro atoms. The van der Waals surface area contributed by atoms with E-state index in [1.54, 1.807) is 0 Å². The summed E-state index contributed by atoms with van der Waals surface area (Å²) in [7, 11) is 0. The van der Waals surface area contributed by atoms with Crippen LogP contribution in [0.3, 0.4) is 0 Å². The molecule has 23 heavy (non-hydrogen) atoms. The van der Waals surface area contributed by atoms with Crippen molar-refractivity contribution in [1.29, 1.82) is 0 Å². The van der Waals surface area contributed by atoms with Gasteiger partial charge in [-0.1, -0.05) is 67.1 Å². The van der Waals surface area contributed by atoms with Crippen molar-refractivity contribution in [2.45, 2.75) is 31.9 Å². The molecule has 1 saturated heterocycles. The van der Waals surface area contributed by atoms with E-state index in [1.807, 2.05) is 60.7 Å². The molecular weight excluding hydrogens is 286 g/mol. The number of ether oxygens (including phenoxy) is 1. The second-order valence-electron chi connectivity index (χ2n) is 6.00. The number of benzene rings is 2. The molecule has 2 aromatic carbocycles. The van der Waals surface area contributed by atoms with Gasteiger partial charge in [-0.2, -0.15) is 0 Å². The number of hydrogen-bond acceptors (Lipinski definition) is 3. The minimum atomic E-state index is -0.291. The Bertz CT molecular complexity index is 606. The topological polar surface area (TPSA) is 29.5 Å². The highest BCUT2D eigenvalue weighted by atomic mass is 16.5. The molecule has 1 heterocycles. The standard InChI is InChI=1S/C20H23NO2/c22-20(23-16-17-10-4-1-5-11-17)19(18-12-6-2-7-13-18)21-14-8-3-9-15-21/h1-2,4-7,10-13,19H,3,8-9,14-16H2/t19-/m1/s1. The highest BCUT2D eigenvalue weighted by molar-refractivity contribution is 5.77. The molecule has 120 valence electrons. The third-order valence-corrected chi connectivity index (χ3v) is 4.32. The number of carbonyl (C=O) groups is 1. The van der Waals surface area contributed by atoms with Crippen LogP contribution in [0.25, 0.3) is 0 Å². The van der Waals surface area contributed by atoms with Crippen molar-refractivity contribution < 1.29 is 9.53 Å². The van der Waals surface area contributed by atoms with Gasteiger partial charge in [0.2, 0.25) is 0 Å². The first-order valence-electron chi connectivity index (χ1n) is 8.34. The first-order valence-corrected chi connectivity index (χ1v) is 8.34. The van der Waals surface area contributed by atoms with Crippen molar-refractivity contribution >= 4 is 5.97 Å². The smallest absolute Gasteiger partial charge is 0.328 e. The lowest BCUT2D eigenvalue weighted by molar-refractivity contribution is -0.152. The quantitative estimate of drug-likeness (QED) is 0.783. The van der Waals surface area contributed by atoms with E-state index >= 15 is 0 Å². The Hall–Kier alpha value is -2.13. The Balaban J connectivity index is 1.73. The number of carbonyl (C=O) groups excluding carboxylic acids is 1. The van der Waals surface area contributed by atoms with Crippen LogP contribution in [0.15, 0.2) is 60.7 Å². The van der Waals surface area contributed by atoms with Crippen molar-refractivity contribution in [1.82, 2.24) is 4.90 Å². The zero-order valence-electron chi connectivity index (χ0n) is 13.4. The van der Waals surface area contributed by atoms with Gasteiger partial charge in [-0.3, -0.25) is 4.90 Å². The Morgan fingerprint density at radius 3 is 2.17 bits per heavy atom. The first-order chi connectivity index (χ1) is 11.3. The highest BCUT2D eigenvalue weighted by Crippen LogP contribution is 2.26. The van der Waals surface area contributed by atoms with Crippen molar-refractivity contribution in [2.24, 2.45) is 0 Å². The molecule has 2 aromatic rings. The second kappa shape index (κ2) is 7.93. The lowest BCUT2D eigenvalue weighted by atomic mass is 10.0. The van der Waals surface area contributed by atoms with Crippen molar-refractivity contribution in [3.63, 3.8) is 0 Å². The molecule has 1 fully saturated rings. The molecule has 0 unspecified atom stereocenters. The summed E-state index contributed by atoms with van der Waals surface area (Å²) in [6, 6.07) is 19.5. The summed E-state index contributed by atoms with van der Waals surface area (Å²) in [4.78, 5) is 15.0. The lowest BCUT2D eigenvalue weighted by Crippen LogP contribution is -2.38. The number of likely N-dealkylation sites (tertiary alicyclic amines) is 1. The van der Waals surface area contributed by atoms with Crippen molar-refractivity contribution in [3.05, 3.63) is 71.8 Å². The lowest BCUT2D eigenvalue weighted by Gasteiger charge is -2.33. The highest BCUT2D eigenvalue weighted by Gasteiger charge is 2.29. The molecular formula is C20H23NO2. The van der Waals surface area contributed by atoms with Gasteiger partial charge in [0.1, 0.15) is 12.6 Å². The van der Waals surface area contributed by atoms with E-state index in [4.69, 9.17) is 4.74 Å². The third-order valence-electron chi connectivity index (χ3n) is 4.32. The molecule has 0 aliphatic carbocycles. The van der Waals surface area contributed by atoms with Crippen LogP contribution < -0.4 is 0 Å². The normalized spacial score (nSPS) is 16.7. The first kappa shape index (κ1) is 15.8. The van der Waals surface area contributed by atoms with Gasteiger partial charge in [0.05, 0.1) is 0 Å². The van der Waals surface area contributed by atoms with E-state index in [2.05, 4.69) is 4.90 Å². The van der Waals surface area contributed by atoms with E-state index in [0.717, 1.165) is 37.1 Å². The summed E-state index contributed by atoms with van der Waals surface area (Å²) in [5.74, 6) is -0.151. The third kappa shape index (κ3) is 4.20. The summed E-state index contributed by atoms with van der Waals surface area (Å²) in [5, 5.41) is 0. The molecule has 0 bridgehead atoms. The fourth-order valence-corrected chi connectivity index (χ4v) is 3.12. The molecule has 0 aromatic heterocycles. The number of nitrogens with zero attached hydrogens (tertiary/aromatic N) is 1. The monoisotopic (exact) mass is 309 g/mol. The minimum Gasteiger partial charge on any atom is -0.459 e. The van der Waals surface area contributed by atoms with E-state index in [-0.39, 0.29) is 12.0 Å². The Labute approximate surface area is 137 Å². The summed E-state index contributed by atoms with van der Waals surface area (Å²) < 4.78 is 5.62. The molecule has 1 atom stereocenters. The predicted molar refractivity (Wildman–Crippen MR) is 90.8 cm³/mol. The van der Waals surface area contributed by atoms with E-state index in [0.29, 0.717) is 6.61 Å². The average molecular weight is 309 g/mol. The predicted octanol–water partition coefficient (Wildman–Crippen LogP) is 3.96. The summed E-state index contributed by atoms with van der Waals surface area (Å²) in [6.45, 7) is 2.25. The maximum Gasteiger partial charge on any atom is 0.328 e. The molecule has 0 saturated carbocycles. The van der Waals surface area contributed by atoms with Gasteiger partial charge in [0, 0.05) is 0 Å². The maximum absolute atomic E-state index is 12.8. The van der Waals surface area contributed by atoms with E-state index in [1.165, 1.54) is 6.42 Å². The van der Waals surface area contributed by atoms with Crippen LogP contribution in [-0.2, 0) is 16.1 Å². The fraction of sp³-hybridized carbons (Fsp3) is 0.350. The van der Waals surface area contributed by atoms with Crippen molar-refractivity contribution in [2.75, 3.05) is 13.1 Å². The Morgan fingerprint density at radius 2 is 1.52 bits per heavy atom. The number of rotatable bonds is 5. The Morgan fingerprint density at radius 1 is 0.913 bits per heavy atom. The van der Waals surface area contributed by atoms with Crippen LogP contribution in [0.2, 0.25) is 0 Å². The second-order valence-corrected chi connectivity index (χ2v) is 6.00. The average Bonchev–Trinajstić information content (AvgIpc) is 2.63. The van der Waals surface area contributed by atoms with Gasteiger partial charge in [-0.15, -0.1) is 0 Å². The van der Waals surface area contributed by atoms with Gasteiger partial charge >= 0.3 is 5.97 Å². The molecule has 3 heteroatoms. The van der Waals surface area contributed by atoms with E-state index in [9.17, 15) is 4.79 Å². The molecule has 0 amide bonds. The Kier molecular flexibility index (Phi) is 5.43. The fourth-order valence-electron chi connectivity index (χ4n) is 3.12. The number of piperidine rings is 1. The van der Waals surface area contributed by atoms with Crippen LogP contribution in [0.4, 0.5) is 0 Å². The maximum atomic E-state index is 12.8. The van der Waals surface area contributed by atoms with Crippen LogP contribution in [-0.4, -0.2) is 24.0 Å². The summed E-state index contributed by atoms with van der Waals surface area (Å²) in [6.07, 6.45) is 3.54. The van der Waals surface area contributed by atoms with Gasteiger partial charge in [-0.05, 0) is 37.1 Å². The van der Waals surface area contributed by atoms with Crippen LogP contribution in [0, 0.1) is 0 Å². The molecule has 1 aliphatic heterocycles. The largest absolute Gasteiger partial charge is 0.459 e.